The van der Waals surface area contributed by atoms with Crippen LogP contribution in [0.3, 0.4) is 0 Å². The maximum Gasteiger partial charge on any atom is 0.264 e. The van der Waals surface area contributed by atoms with Crippen LogP contribution in [0.1, 0.15) is 38.7 Å². The van der Waals surface area contributed by atoms with Crippen molar-refractivity contribution in [3.05, 3.63) is 96.3 Å². The van der Waals surface area contributed by atoms with E-state index in [2.05, 4.69) is 5.32 Å². The van der Waals surface area contributed by atoms with Crippen LogP contribution in [0.2, 0.25) is 0 Å². The van der Waals surface area contributed by atoms with E-state index >= 15 is 0 Å². The molecule has 0 bridgehead atoms. The summed E-state index contributed by atoms with van der Waals surface area (Å²) in [6, 6.07) is 21.1. The van der Waals surface area contributed by atoms with Crippen molar-refractivity contribution in [2.24, 2.45) is 0 Å². The molecule has 0 aliphatic heterocycles. The Hall–Kier alpha value is -3.72. The molecular weight excluding hydrogens is 505 g/mol. The normalized spacial score (nSPS) is 12.0. The van der Waals surface area contributed by atoms with Crippen molar-refractivity contribution in [3.8, 4) is 0 Å². The molecule has 0 aliphatic carbocycles. The van der Waals surface area contributed by atoms with Crippen molar-refractivity contribution >= 4 is 27.5 Å². The van der Waals surface area contributed by atoms with Gasteiger partial charge in [-0.25, -0.2) is 12.8 Å². The molecule has 0 fully saturated rings. The predicted molar refractivity (Wildman–Crippen MR) is 146 cm³/mol. The summed E-state index contributed by atoms with van der Waals surface area (Å²) in [6.45, 7) is 3.89. The number of anilines is 1. The fourth-order valence-corrected chi connectivity index (χ4v) is 5.50. The third-order valence-corrected chi connectivity index (χ3v) is 7.92. The summed E-state index contributed by atoms with van der Waals surface area (Å²) in [4.78, 5) is 28.4. The molecule has 1 atom stereocenters. The number of nitrogens with zero attached hydrogens (tertiary/aromatic N) is 2. The van der Waals surface area contributed by atoms with E-state index in [4.69, 9.17) is 0 Å². The number of sulfonamides is 1. The van der Waals surface area contributed by atoms with Gasteiger partial charge in [0.05, 0.1) is 10.6 Å². The van der Waals surface area contributed by atoms with Gasteiger partial charge < -0.3 is 10.2 Å². The van der Waals surface area contributed by atoms with Gasteiger partial charge in [-0.15, -0.1) is 0 Å². The van der Waals surface area contributed by atoms with Gasteiger partial charge in [0, 0.05) is 13.1 Å². The summed E-state index contributed by atoms with van der Waals surface area (Å²) in [5, 5.41) is 2.90. The van der Waals surface area contributed by atoms with Crippen molar-refractivity contribution in [3.63, 3.8) is 0 Å². The molecule has 3 aromatic carbocycles. The first-order chi connectivity index (χ1) is 18.3. The van der Waals surface area contributed by atoms with Crippen LogP contribution in [0.15, 0.2) is 89.8 Å². The highest BCUT2D eigenvalue weighted by atomic mass is 32.2. The first-order valence-electron chi connectivity index (χ1n) is 12.7. The second-order valence-electron chi connectivity index (χ2n) is 8.88. The molecule has 9 heteroatoms. The quantitative estimate of drug-likeness (QED) is 0.318. The molecule has 202 valence electrons. The van der Waals surface area contributed by atoms with Gasteiger partial charge in [-0.2, -0.15) is 0 Å². The van der Waals surface area contributed by atoms with Gasteiger partial charge in [-0.1, -0.05) is 68.8 Å². The Morgan fingerprint density at radius 1 is 0.895 bits per heavy atom. The van der Waals surface area contributed by atoms with E-state index in [0.717, 1.165) is 34.8 Å². The van der Waals surface area contributed by atoms with Crippen LogP contribution >= 0.6 is 0 Å². The van der Waals surface area contributed by atoms with E-state index in [0.29, 0.717) is 13.0 Å². The third-order valence-electron chi connectivity index (χ3n) is 6.14. The zero-order chi connectivity index (χ0) is 27.5. The molecule has 3 rings (SSSR count). The Kier molecular flexibility index (Phi) is 10.4. The molecule has 1 N–H and O–H groups in total. The molecular formula is C29H34FN3O4S. The van der Waals surface area contributed by atoms with Crippen LogP contribution in [-0.2, 0) is 26.2 Å². The van der Waals surface area contributed by atoms with Crippen molar-refractivity contribution in [1.82, 2.24) is 10.2 Å². The standard InChI is InChI=1S/C29H34FN3O4S/c1-3-5-20-31-29(35)27(4-2)32(21-23-12-8-6-9-13-23)28(34)22-33(25-18-16-24(30)17-19-25)38(36,37)26-14-10-7-11-15-26/h6-19,27H,3-5,20-22H2,1-2H3,(H,31,35). The van der Waals surface area contributed by atoms with Gasteiger partial charge in [0.25, 0.3) is 10.0 Å². The first-order valence-corrected chi connectivity index (χ1v) is 14.2. The predicted octanol–water partition coefficient (Wildman–Crippen LogP) is 4.74. The summed E-state index contributed by atoms with van der Waals surface area (Å²) in [7, 11) is -4.18. The number of rotatable bonds is 13. The number of carbonyl (C=O) groups is 2. The smallest absolute Gasteiger partial charge is 0.264 e. The number of hydrogen-bond donors (Lipinski definition) is 1. The first kappa shape index (κ1) is 28.8. The highest BCUT2D eigenvalue weighted by Gasteiger charge is 2.33. The molecule has 3 aromatic rings. The molecule has 0 aromatic heterocycles. The number of halogens is 1. The fourth-order valence-electron chi connectivity index (χ4n) is 4.06. The topological polar surface area (TPSA) is 86.8 Å². The van der Waals surface area contributed by atoms with Crippen LogP contribution in [-0.4, -0.2) is 44.3 Å². The van der Waals surface area contributed by atoms with E-state index in [1.807, 2.05) is 44.2 Å². The summed E-state index contributed by atoms with van der Waals surface area (Å²) >= 11 is 0. The molecule has 2 amide bonds. The number of benzene rings is 3. The zero-order valence-electron chi connectivity index (χ0n) is 21.7. The Morgan fingerprint density at radius 2 is 1.50 bits per heavy atom. The Balaban J connectivity index is 2.00. The average Bonchev–Trinajstić information content (AvgIpc) is 2.93. The maximum absolute atomic E-state index is 13.9. The largest absolute Gasteiger partial charge is 0.354 e. The number of nitrogens with one attached hydrogen (secondary N) is 1. The second-order valence-corrected chi connectivity index (χ2v) is 10.7. The lowest BCUT2D eigenvalue weighted by atomic mass is 10.1. The minimum atomic E-state index is -4.18. The van der Waals surface area contributed by atoms with Gasteiger partial charge in [0.15, 0.2) is 0 Å². The van der Waals surface area contributed by atoms with E-state index in [1.165, 1.54) is 29.2 Å². The summed E-state index contributed by atoms with van der Waals surface area (Å²) in [5.74, 6) is -1.36. The average molecular weight is 540 g/mol. The third kappa shape index (κ3) is 7.41. The molecule has 0 saturated carbocycles. The van der Waals surface area contributed by atoms with Crippen LogP contribution in [0.5, 0.6) is 0 Å². The zero-order valence-corrected chi connectivity index (χ0v) is 22.5. The number of unbranched alkanes of at least 4 members (excludes halogenated alkanes) is 1. The highest BCUT2D eigenvalue weighted by Crippen LogP contribution is 2.25. The van der Waals surface area contributed by atoms with Crippen LogP contribution in [0, 0.1) is 5.82 Å². The minimum Gasteiger partial charge on any atom is -0.354 e. The van der Waals surface area contributed by atoms with Crippen molar-refractivity contribution in [2.45, 2.75) is 50.6 Å². The number of hydrogen-bond acceptors (Lipinski definition) is 4. The van der Waals surface area contributed by atoms with Crippen molar-refractivity contribution in [2.75, 3.05) is 17.4 Å². The molecule has 0 spiro atoms. The Labute approximate surface area is 224 Å². The second kappa shape index (κ2) is 13.7. The molecule has 0 radical (unpaired) electrons. The minimum absolute atomic E-state index is 0.00363. The lowest BCUT2D eigenvalue weighted by molar-refractivity contribution is -0.140. The number of carbonyl (C=O) groups excluding carboxylic acids is 2. The summed E-state index contributed by atoms with van der Waals surface area (Å²) in [5.41, 5.74) is 0.948. The number of amides is 2. The van der Waals surface area contributed by atoms with Gasteiger partial charge in [0.2, 0.25) is 11.8 Å². The molecule has 0 aliphatic rings. The van der Waals surface area contributed by atoms with Crippen molar-refractivity contribution in [1.29, 1.82) is 0 Å². The Morgan fingerprint density at radius 3 is 2.08 bits per heavy atom. The maximum atomic E-state index is 13.9. The SMILES string of the molecule is CCCCNC(=O)C(CC)N(Cc1ccccc1)C(=O)CN(c1ccc(F)cc1)S(=O)(=O)c1ccccc1. The van der Waals surface area contributed by atoms with Gasteiger partial charge in [-0.3, -0.25) is 13.9 Å². The van der Waals surface area contributed by atoms with E-state index in [9.17, 15) is 22.4 Å². The molecule has 1 unspecified atom stereocenters. The molecule has 7 nitrogen and oxygen atoms in total. The van der Waals surface area contributed by atoms with E-state index in [-0.39, 0.29) is 23.0 Å². The van der Waals surface area contributed by atoms with Gasteiger partial charge >= 0.3 is 0 Å². The van der Waals surface area contributed by atoms with Gasteiger partial charge in [0.1, 0.15) is 18.4 Å². The monoisotopic (exact) mass is 539 g/mol. The van der Waals surface area contributed by atoms with E-state index in [1.54, 1.807) is 18.2 Å². The fraction of sp³-hybridized carbons (Fsp3) is 0.310. The molecule has 38 heavy (non-hydrogen) atoms. The van der Waals surface area contributed by atoms with E-state index < -0.39 is 34.3 Å². The Bertz CT molecular complexity index is 1290. The van der Waals surface area contributed by atoms with Crippen LogP contribution in [0.25, 0.3) is 0 Å². The molecule has 0 saturated heterocycles. The van der Waals surface area contributed by atoms with Gasteiger partial charge in [-0.05, 0) is 54.8 Å². The summed E-state index contributed by atoms with van der Waals surface area (Å²) in [6.07, 6.45) is 2.06. The summed E-state index contributed by atoms with van der Waals surface area (Å²) < 4.78 is 42.0. The molecule has 0 heterocycles. The lowest BCUT2D eigenvalue weighted by Gasteiger charge is -2.33. The lowest BCUT2D eigenvalue weighted by Crippen LogP contribution is -2.52. The highest BCUT2D eigenvalue weighted by molar-refractivity contribution is 7.92. The van der Waals surface area contributed by atoms with Crippen molar-refractivity contribution < 1.29 is 22.4 Å². The van der Waals surface area contributed by atoms with Crippen LogP contribution in [0.4, 0.5) is 10.1 Å². The van der Waals surface area contributed by atoms with Crippen LogP contribution < -0.4 is 9.62 Å².